The van der Waals surface area contributed by atoms with Crippen molar-refractivity contribution in [3.05, 3.63) is 23.9 Å². The zero-order valence-corrected chi connectivity index (χ0v) is 11.4. The molecule has 1 rings (SSSR count). The van der Waals surface area contributed by atoms with Crippen molar-refractivity contribution in [2.45, 2.75) is 45.6 Å². The van der Waals surface area contributed by atoms with Gasteiger partial charge in [-0.15, -0.1) is 0 Å². The van der Waals surface area contributed by atoms with Gasteiger partial charge in [-0.1, -0.05) is 6.07 Å². The SMILES string of the molecule is COc1ccc(CCCCNC(C)(C)C)cn1. The fourth-order valence-electron chi connectivity index (χ4n) is 1.60. The highest BCUT2D eigenvalue weighted by molar-refractivity contribution is 5.17. The molecule has 17 heavy (non-hydrogen) atoms. The van der Waals surface area contributed by atoms with Gasteiger partial charge in [0.2, 0.25) is 5.88 Å². The number of methoxy groups -OCH3 is 1. The maximum absolute atomic E-state index is 5.03. The Balaban J connectivity index is 2.18. The lowest BCUT2D eigenvalue weighted by Crippen LogP contribution is -2.36. The third-order valence-corrected chi connectivity index (χ3v) is 2.55. The van der Waals surface area contributed by atoms with Crippen molar-refractivity contribution in [3.63, 3.8) is 0 Å². The number of hydrogen-bond acceptors (Lipinski definition) is 3. The van der Waals surface area contributed by atoms with Gasteiger partial charge in [-0.2, -0.15) is 0 Å². The second kappa shape index (κ2) is 6.60. The summed E-state index contributed by atoms with van der Waals surface area (Å²) in [6, 6.07) is 4.01. The first-order chi connectivity index (χ1) is 8.01. The number of ether oxygens (including phenoxy) is 1. The topological polar surface area (TPSA) is 34.1 Å². The van der Waals surface area contributed by atoms with Gasteiger partial charge in [0, 0.05) is 17.8 Å². The van der Waals surface area contributed by atoms with E-state index in [0.717, 1.165) is 13.0 Å². The molecule has 96 valence electrons. The molecule has 0 bridgehead atoms. The molecular formula is C14H24N2O. The Kier molecular flexibility index (Phi) is 5.42. The minimum Gasteiger partial charge on any atom is -0.481 e. The van der Waals surface area contributed by atoms with Crippen molar-refractivity contribution in [2.24, 2.45) is 0 Å². The Morgan fingerprint density at radius 2 is 2.00 bits per heavy atom. The molecule has 0 atom stereocenters. The summed E-state index contributed by atoms with van der Waals surface area (Å²) in [5.74, 6) is 0.683. The summed E-state index contributed by atoms with van der Waals surface area (Å²) in [4.78, 5) is 4.20. The van der Waals surface area contributed by atoms with Crippen LogP contribution in [0.15, 0.2) is 18.3 Å². The summed E-state index contributed by atoms with van der Waals surface area (Å²) in [7, 11) is 1.64. The van der Waals surface area contributed by atoms with Gasteiger partial charge in [0.1, 0.15) is 0 Å². The molecule has 0 spiro atoms. The summed E-state index contributed by atoms with van der Waals surface area (Å²) in [6.45, 7) is 7.66. The number of aromatic nitrogens is 1. The van der Waals surface area contributed by atoms with E-state index in [1.54, 1.807) is 7.11 Å². The van der Waals surface area contributed by atoms with Crippen LogP contribution in [0.25, 0.3) is 0 Å². The summed E-state index contributed by atoms with van der Waals surface area (Å²) in [6.07, 6.45) is 5.37. The Hall–Kier alpha value is -1.09. The summed E-state index contributed by atoms with van der Waals surface area (Å²) in [5, 5.41) is 3.49. The van der Waals surface area contributed by atoms with Gasteiger partial charge in [-0.25, -0.2) is 4.98 Å². The first-order valence-electron chi connectivity index (χ1n) is 6.25. The van der Waals surface area contributed by atoms with E-state index in [-0.39, 0.29) is 5.54 Å². The van der Waals surface area contributed by atoms with Gasteiger partial charge in [-0.3, -0.25) is 0 Å². The van der Waals surface area contributed by atoms with Crippen LogP contribution in [0.3, 0.4) is 0 Å². The van der Waals surface area contributed by atoms with E-state index in [9.17, 15) is 0 Å². The third-order valence-electron chi connectivity index (χ3n) is 2.55. The van der Waals surface area contributed by atoms with Gasteiger partial charge < -0.3 is 10.1 Å². The first kappa shape index (κ1) is 14.0. The molecule has 0 saturated carbocycles. The second-order valence-electron chi connectivity index (χ2n) is 5.34. The minimum atomic E-state index is 0.224. The lowest BCUT2D eigenvalue weighted by molar-refractivity contribution is 0.397. The quantitative estimate of drug-likeness (QED) is 0.771. The second-order valence-corrected chi connectivity index (χ2v) is 5.34. The number of aryl methyl sites for hydroxylation is 1. The van der Waals surface area contributed by atoms with Gasteiger partial charge in [0.05, 0.1) is 7.11 Å². The van der Waals surface area contributed by atoms with Crippen molar-refractivity contribution in [2.75, 3.05) is 13.7 Å². The lowest BCUT2D eigenvalue weighted by Gasteiger charge is -2.20. The highest BCUT2D eigenvalue weighted by Gasteiger charge is 2.06. The van der Waals surface area contributed by atoms with Crippen LogP contribution >= 0.6 is 0 Å². The highest BCUT2D eigenvalue weighted by Crippen LogP contribution is 2.09. The van der Waals surface area contributed by atoms with E-state index >= 15 is 0 Å². The Bertz CT molecular complexity index is 314. The minimum absolute atomic E-state index is 0.224. The first-order valence-corrected chi connectivity index (χ1v) is 6.25. The van der Waals surface area contributed by atoms with Crippen LogP contribution in [0, 0.1) is 0 Å². The van der Waals surface area contributed by atoms with Crippen molar-refractivity contribution in [1.29, 1.82) is 0 Å². The van der Waals surface area contributed by atoms with E-state index in [1.165, 1.54) is 18.4 Å². The predicted molar refractivity (Wildman–Crippen MR) is 71.5 cm³/mol. The molecule has 1 aromatic rings. The van der Waals surface area contributed by atoms with Gasteiger partial charge >= 0.3 is 0 Å². The maximum Gasteiger partial charge on any atom is 0.212 e. The maximum atomic E-state index is 5.03. The van der Waals surface area contributed by atoms with Gasteiger partial charge in [0.25, 0.3) is 0 Å². The molecule has 1 N–H and O–H groups in total. The van der Waals surface area contributed by atoms with Crippen molar-refractivity contribution >= 4 is 0 Å². The van der Waals surface area contributed by atoms with Crippen LogP contribution in [0.5, 0.6) is 5.88 Å². The van der Waals surface area contributed by atoms with E-state index in [4.69, 9.17) is 4.74 Å². The molecule has 0 aliphatic rings. The normalized spacial score (nSPS) is 11.5. The van der Waals surface area contributed by atoms with Crippen LogP contribution < -0.4 is 10.1 Å². The molecule has 0 unspecified atom stereocenters. The van der Waals surface area contributed by atoms with Gasteiger partial charge in [0.15, 0.2) is 0 Å². The van der Waals surface area contributed by atoms with Crippen LogP contribution in [0.4, 0.5) is 0 Å². The van der Waals surface area contributed by atoms with Crippen molar-refractivity contribution in [1.82, 2.24) is 10.3 Å². The Morgan fingerprint density at radius 3 is 2.53 bits per heavy atom. The molecule has 0 fully saturated rings. The average molecular weight is 236 g/mol. The summed E-state index contributed by atoms with van der Waals surface area (Å²) >= 11 is 0. The number of nitrogens with zero attached hydrogens (tertiary/aromatic N) is 1. The Morgan fingerprint density at radius 1 is 1.24 bits per heavy atom. The number of unbranched alkanes of at least 4 members (excludes halogenated alkanes) is 1. The van der Waals surface area contributed by atoms with Crippen molar-refractivity contribution < 1.29 is 4.74 Å². The van der Waals surface area contributed by atoms with Crippen LogP contribution in [-0.2, 0) is 6.42 Å². The molecule has 1 aromatic heterocycles. The van der Waals surface area contributed by atoms with Crippen molar-refractivity contribution in [3.8, 4) is 5.88 Å². The number of rotatable bonds is 6. The molecule has 3 heteroatoms. The molecule has 0 aromatic carbocycles. The molecule has 0 aliphatic carbocycles. The third kappa shape index (κ3) is 6.27. The number of hydrogen-bond donors (Lipinski definition) is 1. The zero-order chi connectivity index (χ0) is 12.7. The van der Waals surface area contributed by atoms with Gasteiger partial charge in [-0.05, 0) is 52.1 Å². The molecule has 0 saturated heterocycles. The largest absolute Gasteiger partial charge is 0.481 e. The smallest absolute Gasteiger partial charge is 0.212 e. The number of pyridine rings is 1. The molecular weight excluding hydrogens is 212 g/mol. The van der Waals surface area contributed by atoms with E-state index < -0.39 is 0 Å². The molecule has 0 aliphatic heterocycles. The standard InChI is InChI=1S/C14H24N2O/c1-14(2,3)16-10-6-5-7-12-8-9-13(17-4)15-11-12/h8-9,11,16H,5-7,10H2,1-4H3. The fraction of sp³-hybridized carbons (Fsp3) is 0.643. The van der Waals surface area contributed by atoms with E-state index in [2.05, 4.69) is 37.1 Å². The van der Waals surface area contributed by atoms with Crippen LogP contribution in [-0.4, -0.2) is 24.2 Å². The number of nitrogens with one attached hydrogen (secondary N) is 1. The highest BCUT2D eigenvalue weighted by atomic mass is 16.5. The van der Waals surface area contributed by atoms with E-state index in [0.29, 0.717) is 5.88 Å². The fourth-order valence-corrected chi connectivity index (χ4v) is 1.60. The molecule has 3 nitrogen and oxygen atoms in total. The monoisotopic (exact) mass is 236 g/mol. The van der Waals surface area contributed by atoms with Crippen LogP contribution in [0.1, 0.15) is 39.2 Å². The summed E-state index contributed by atoms with van der Waals surface area (Å²) < 4.78 is 5.03. The van der Waals surface area contributed by atoms with Crippen LogP contribution in [0.2, 0.25) is 0 Å². The lowest BCUT2D eigenvalue weighted by atomic mass is 10.1. The summed E-state index contributed by atoms with van der Waals surface area (Å²) in [5.41, 5.74) is 1.50. The molecule has 0 radical (unpaired) electrons. The van der Waals surface area contributed by atoms with E-state index in [1.807, 2.05) is 12.3 Å². The average Bonchev–Trinajstić information content (AvgIpc) is 2.28. The molecule has 1 heterocycles. The zero-order valence-electron chi connectivity index (χ0n) is 11.4. The predicted octanol–water partition coefficient (Wildman–Crippen LogP) is 2.80. The Labute approximate surface area is 105 Å². The molecule has 0 amide bonds.